The fourth-order valence-corrected chi connectivity index (χ4v) is 1.59. The number of carboxylic acids is 1. The monoisotopic (exact) mass is 203 g/mol. The minimum Gasteiger partial charge on any atom is -0.480 e. The summed E-state index contributed by atoms with van der Waals surface area (Å²) in [4.78, 5) is 12.9. The average Bonchev–Trinajstić information content (AvgIpc) is 2.10. The zero-order chi connectivity index (χ0) is 11.1. The lowest BCUT2D eigenvalue weighted by Crippen LogP contribution is -2.46. The lowest BCUT2D eigenvalue weighted by molar-refractivity contribution is -0.144. The minimum absolute atomic E-state index is 0.0795. The largest absolute Gasteiger partial charge is 0.480 e. The summed E-state index contributed by atoms with van der Waals surface area (Å²) in [5.74, 6) is -0.846. The van der Waals surface area contributed by atoms with E-state index in [1.807, 2.05) is 25.7 Å². The summed E-state index contributed by atoms with van der Waals surface area (Å²) < 4.78 is 0. The van der Waals surface area contributed by atoms with Crippen molar-refractivity contribution in [3.63, 3.8) is 0 Å². The molecule has 0 aromatic rings. The summed E-state index contributed by atoms with van der Waals surface area (Å²) in [7, 11) is 0. The SMILES string of the molecule is CCCN(C(C)C)[C@@H](CCO)C(=O)O. The van der Waals surface area contributed by atoms with Gasteiger partial charge in [-0.15, -0.1) is 0 Å². The van der Waals surface area contributed by atoms with Crippen LogP contribution in [0.4, 0.5) is 0 Å². The van der Waals surface area contributed by atoms with Gasteiger partial charge in [0.05, 0.1) is 0 Å². The first-order valence-corrected chi connectivity index (χ1v) is 5.14. The first-order valence-electron chi connectivity index (χ1n) is 5.14. The second-order valence-electron chi connectivity index (χ2n) is 3.70. The van der Waals surface area contributed by atoms with Crippen LogP contribution in [0, 0.1) is 0 Å². The zero-order valence-corrected chi connectivity index (χ0v) is 9.23. The number of hydrogen-bond donors (Lipinski definition) is 2. The molecule has 0 fully saturated rings. The Morgan fingerprint density at radius 1 is 1.43 bits per heavy atom. The number of aliphatic hydroxyl groups is 1. The Labute approximate surface area is 85.5 Å². The fourth-order valence-electron chi connectivity index (χ4n) is 1.59. The van der Waals surface area contributed by atoms with Crippen molar-refractivity contribution >= 4 is 5.97 Å². The van der Waals surface area contributed by atoms with E-state index in [-0.39, 0.29) is 12.6 Å². The van der Waals surface area contributed by atoms with Gasteiger partial charge in [-0.3, -0.25) is 9.69 Å². The van der Waals surface area contributed by atoms with E-state index in [1.165, 1.54) is 0 Å². The van der Waals surface area contributed by atoms with Crippen molar-refractivity contribution in [1.82, 2.24) is 4.90 Å². The van der Waals surface area contributed by atoms with Crippen molar-refractivity contribution in [2.75, 3.05) is 13.2 Å². The molecule has 0 spiro atoms. The molecule has 0 rings (SSSR count). The number of nitrogens with zero attached hydrogens (tertiary/aromatic N) is 1. The number of aliphatic carboxylic acids is 1. The highest BCUT2D eigenvalue weighted by Gasteiger charge is 2.26. The zero-order valence-electron chi connectivity index (χ0n) is 9.23. The van der Waals surface area contributed by atoms with Crippen molar-refractivity contribution in [2.24, 2.45) is 0 Å². The summed E-state index contributed by atoms with van der Waals surface area (Å²) in [6.07, 6.45) is 1.22. The molecule has 0 saturated carbocycles. The summed E-state index contributed by atoms with van der Waals surface area (Å²) in [5, 5.41) is 17.8. The van der Waals surface area contributed by atoms with E-state index in [2.05, 4.69) is 0 Å². The van der Waals surface area contributed by atoms with E-state index >= 15 is 0 Å². The van der Waals surface area contributed by atoms with Gasteiger partial charge in [-0.1, -0.05) is 6.92 Å². The minimum atomic E-state index is -0.846. The van der Waals surface area contributed by atoms with E-state index in [4.69, 9.17) is 10.2 Å². The molecule has 0 unspecified atom stereocenters. The number of carbonyl (C=O) groups is 1. The molecule has 4 heteroatoms. The van der Waals surface area contributed by atoms with Crippen LogP contribution >= 0.6 is 0 Å². The van der Waals surface area contributed by atoms with Crippen molar-refractivity contribution in [3.8, 4) is 0 Å². The Morgan fingerprint density at radius 3 is 2.29 bits per heavy atom. The van der Waals surface area contributed by atoms with E-state index in [9.17, 15) is 4.79 Å². The molecule has 4 nitrogen and oxygen atoms in total. The predicted octanol–water partition coefficient (Wildman–Crippen LogP) is 0.942. The Kier molecular flexibility index (Phi) is 6.49. The van der Waals surface area contributed by atoms with Gasteiger partial charge in [0, 0.05) is 12.6 Å². The van der Waals surface area contributed by atoms with Gasteiger partial charge in [-0.25, -0.2) is 0 Å². The summed E-state index contributed by atoms with van der Waals surface area (Å²) in [6.45, 7) is 6.65. The first kappa shape index (κ1) is 13.4. The number of aliphatic hydroxyl groups excluding tert-OH is 1. The van der Waals surface area contributed by atoms with Crippen LogP contribution in [-0.4, -0.2) is 46.3 Å². The molecular weight excluding hydrogens is 182 g/mol. The van der Waals surface area contributed by atoms with Crippen LogP contribution in [0.5, 0.6) is 0 Å². The standard InChI is InChI=1S/C10H21NO3/c1-4-6-11(8(2)3)9(5-7-12)10(13)14/h8-9,12H,4-7H2,1-3H3,(H,13,14)/t9-/m0/s1. The Bertz CT molecular complexity index is 171. The summed E-state index contributed by atoms with van der Waals surface area (Å²) >= 11 is 0. The third kappa shape index (κ3) is 4.07. The molecule has 84 valence electrons. The highest BCUT2D eigenvalue weighted by molar-refractivity contribution is 5.73. The van der Waals surface area contributed by atoms with Gasteiger partial charge < -0.3 is 10.2 Å². The van der Waals surface area contributed by atoms with Crippen molar-refractivity contribution in [2.45, 2.75) is 45.7 Å². The maximum Gasteiger partial charge on any atom is 0.321 e. The van der Waals surface area contributed by atoms with Crippen molar-refractivity contribution in [3.05, 3.63) is 0 Å². The lowest BCUT2D eigenvalue weighted by Gasteiger charge is -2.31. The second-order valence-corrected chi connectivity index (χ2v) is 3.70. The maximum absolute atomic E-state index is 11.0. The molecule has 0 radical (unpaired) electrons. The Morgan fingerprint density at radius 2 is 2.00 bits per heavy atom. The highest BCUT2D eigenvalue weighted by Crippen LogP contribution is 2.10. The number of rotatable bonds is 7. The van der Waals surface area contributed by atoms with E-state index in [0.717, 1.165) is 13.0 Å². The van der Waals surface area contributed by atoms with Crippen LogP contribution in [0.25, 0.3) is 0 Å². The first-order chi connectivity index (χ1) is 6.54. The molecule has 0 aromatic heterocycles. The molecule has 0 bridgehead atoms. The van der Waals surface area contributed by atoms with Crippen molar-refractivity contribution in [1.29, 1.82) is 0 Å². The van der Waals surface area contributed by atoms with Gasteiger partial charge in [0.2, 0.25) is 0 Å². The highest BCUT2D eigenvalue weighted by atomic mass is 16.4. The van der Waals surface area contributed by atoms with Crippen LogP contribution in [0.1, 0.15) is 33.6 Å². The lowest BCUT2D eigenvalue weighted by atomic mass is 10.1. The fraction of sp³-hybridized carbons (Fsp3) is 0.900. The van der Waals surface area contributed by atoms with Crippen LogP contribution < -0.4 is 0 Å². The topological polar surface area (TPSA) is 60.8 Å². The quantitative estimate of drug-likeness (QED) is 0.646. The van der Waals surface area contributed by atoms with E-state index < -0.39 is 12.0 Å². The maximum atomic E-state index is 11.0. The molecule has 0 saturated heterocycles. The third-order valence-corrected chi connectivity index (χ3v) is 2.23. The smallest absolute Gasteiger partial charge is 0.321 e. The van der Waals surface area contributed by atoms with Gasteiger partial charge >= 0.3 is 5.97 Å². The Hall–Kier alpha value is -0.610. The molecule has 0 heterocycles. The molecule has 0 aliphatic rings. The molecule has 0 amide bonds. The molecule has 0 aromatic carbocycles. The van der Waals surface area contributed by atoms with E-state index in [1.54, 1.807) is 0 Å². The van der Waals surface area contributed by atoms with Gasteiger partial charge in [-0.2, -0.15) is 0 Å². The van der Waals surface area contributed by atoms with Crippen LogP contribution in [-0.2, 0) is 4.79 Å². The summed E-state index contributed by atoms with van der Waals surface area (Å²) in [5.41, 5.74) is 0. The predicted molar refractivity (Wildman–Crippen MR) is 55.3 cm³/mol. The van der Waals surface area contributed by atoms with Crippen LogP contribution in [0.2, 0.25) is 0 Å². The van der Waals surface area contributed by atoms with Gasteiger partial charge in [0.15, 0.2) is 0 Å². The normalized spacial score (nSPS) is 13.6. The van der Waals surface area contributed by atoms with Gasteiger partial charge in [0.25, 0.3) is 0 Å². The molecule has 14 heavy (non-hydrogen) atoms. The molecule has 0 aliphatic heterocycles. The van der Waals surface area contributed by atoms with Crippen molar-refractivity contribution < 1.29 is 15.0 Å². The van der Waals surface area contributed by atoms with E-state index in [0.29, 0.717) is 6.42 Å². The molecule has 1 atom stereocenters. The number of hydrogen-bond acceptors (Lipinski definition) is 3. The summed E-state index contributed by atoms with van der Waals surface area (Å²) in [6, 6.07) is -0.359. The molecule has 2 N–H and O–H groups in total. The average molecular weight is 203 g/mol. The molecule has 0 aliphatic carbocycles. The Balaban J connectivity index is 4.46. The number of carboxylic acid groups (broad SMARTS) is 1. The van der Waals surface area contributed by atoms with Crippen LogP contribution in [0.15, 0.2) is 0 Å². The van der Waals surface area contributed by atoms with Gasteiger partial charge in [0.1, 0.15) is 6.04 Å². The van der Waals surface area contributed by atoms with Gasteiger partial charge in [-0.05, 0) is 33.2 Å². The van der Waals surface area contributed by atoms with Crippen LogP contribution in [0.3, 0.4) is 0 Å². The third-order valence-electron chi connectivity index (χ3n) is 2.23. The molecular formula is C10H21NO3. The second kappa shape index (κ2) is 6.79.